The van der Waals surface area contributed by atoms with Gasteiger partial charge in [0.2, 0.25) is 0 Å². The minimum atomic E-state index is -0.410. The van der Waals surface area contributed by atoms with Crippen molar-refractivity contribution in [1.82, 2.24) is 0 Å². The Morgan fingerprint density at radius 1 is 1.38 bits per heavy atom. The first-order valence-electron chi connectivity index (χ1n) is 6.76. The van der Waals surface area contributed by atoms with Crippen LogP contribution in [0.5, 0.6) is 0 Å². The average Bonchev–Trinajstić information content (AvgIpc) is 2.37. The van der Waals surface area contributed by atoms with Gasteiger partial charge in [-0.05, 0) is 56.3 Å². The van der Waals surface area contributed by atoms with Crippen LogP contribution < -0.4 is 0 Å². The normalized spacial score (nSPS) is 44.1. The second-order valence-corrected chi connectivity index (χ2v) is 6.65. The summed E-state index contributed by atoms with van der Waals surface area (Å²) in [6.45, 7) is 8.97. The van der Waals surface area contributed by atoms with Crippen molar-refractivity contribution in [2.75, 3.05) is 0 Å². The quantitative estimate of drug-likeness (QED) is 0.667. The highest BCUT2D eigenvalue weighted by Gasteiger charge is 2.54. The van der Waals surface area contributed by atoms with Crippen molar-refractivity contribution in [2.45, 2.75) is 65.4 Å². The zero-order valence-corrected chi connectivity index (χ0v) is 11.2. The van der Waals surface area contributed by atoms with Gasteiger partial charge in [0, 0.05) is 0 Å². The largest absolute Gasteiger partial charge is 0.389 e. The van der Waals surface area contributed by atoms with E-state index in [9.17, 15) is 5.11 Å². The van der Waals surface area contributed by atoms with Crippen LogP contribution in [0, 0.1) is 17.3 Å². The average molecular weight is 222 g/mol. The molecule has 1 nitrogen and oxygen atoms in total. The molecule has 16 heavy (non-hydrogen) atoms. The molecule has 0 aliphatic heterocycles. The molecule has 0 aromatic heterocycles. The van der Waals surface area contributed by atoms with E-state index < -0.39 is 5.60 Å². The van der Waals surface area contributed by atoms with Crippen molar-refractivity contribution < 1.29 is 5.11 Å². The zero-order chi connectivity index (χ0) is 12.0. The van der Waals surface area contributed by atoms with Crippen LogP contribution in [-0.4, -0.2) is 10.7 Å². The molecule has 1 heteroatoms. The van der Waals surface area contributed by atoms with E-state index in [1.54, 1.807) is 0 Å². The van der Waals surface area contributed by atoms with Gasteiger partial charge in [0.1, 0.15) is 0 Å². The van der Waals surface area contributed by atoms with Crippen LogP contribution in [0.1, 0.15) is 59.8 Å². The Hall–Kier alpha value is -0.300. The molecule has 2 aliphatic carbocycles. The number of rotatable bonds is 1. The maximum Gasteiger partial charge on any atom is 0.0704 e. The van der Waals surface area contributed by atoms with Gasteiger partial charge in [0.15, 0.2) is 0 Å². The monoisotopic (exact) mass is 222 g/mol. The smallest absolute Gasteiger partial charge is 0.0704 e. The summed E-state index contributed by atoms with van der Waals surface area (Å²) in [7, 11) is 0. The maximum atomic E-state index is 10.9. The van der Waals surface area contributed by atoms with Crippen molar-refractivity contribution in [3.63, 3.8) is 0 Å². The van der Waals surface area contributed by atoms with E-state index in [4.69, 9.17) is 0 Å². The molecular formula is C15H26O. The molecule has 1 N–H and O–H groups in total. The number of hydrogen-bond acceptors (Lipinski definition) is 1. The Labute approximate surface area is 99.9 Å². The van der Waals surface area contributed by atoms with Crippen LogP contribution in [0.4, 0.5) is 0 Å². The lowest BCUT2D eigenvalue weighted by Gasteiger charge is -2.40. The Morgan fingerprint density at radius 3 is 2.69 bits per heavy atom. The van der Waals surface area contributed by atoms with Crippen LogP contribution in [-0.2, 0) is 0 Å². The topological polar surface area (TPSA) is 20.2 Å². The summed E-state index contributed by atoms with van der Waals surface area (Å²) in [6, 6.07) is 0. The first-order chi connectivity index (χ1) is 7.38. The standard InChI is InChI=1S/C15H26O/c1-11(2)15(16)10-9-14(4)8-7-12(3)5-6-13(14)15/h7,11,13,16H,5-6,8-10H2,1-4H3. The van der Waals surface area contributed by atoms with Crippen molar-refractivity contribution >= 4 is 0 Å². The summed E-state index contributed by atoms with van der Waals surface area (Å²) in [5.74, 6) is 0.881. The highest BCUT2D eigenvalue weighted by Crippen LogP contribution is 2.57. The predicted molar refractivity (Wildman–Crippen MR) is 68.2 cm³/mol. The number of allylic oxidation sites excluding steroid dienone is 2. The number of fused-ring (bicyclic) bond motifs is 1. The van der Waals surface area contributed by atoms with E-state index in [-0.39, 0.29) is 0 Å². The molecule has 0 aromatic carbocycles. The van der Waals surface area contributed by atoms with E-state index in [1.807, 2.05) is 0 Å². The highest BCUT2D eigenvalue weighted by molar-refractivity contribution is 5.13. The zero-order valence-electron chi connectivity index (χ0n) is 11.2. The summed E-state index contributed by atoms with van der Waals surface area (Å²) < 4.78 is 0. The van der Waals surface area contributed by atoms with Crippen LogP contribution in [0.3, 0.4) is 0 Å². The summed E-state index contributed by atoms with van der Waals surface area (Å²) in [5.41, 5.74) is 1.45. The van der Waals surface area contributed by atoms with Gasteiger partial charge in [-0.15, -0.1) is 0 Å². The SMILES string of the molecule is CC1=CCC2(C)CCC(O)(C(C)C)C2CC1. The van der Waals surface area contributed by atoms with Gasteiger partial charge in [0.25, 0.3) is 0 Å². The molecule has 1 fully saturated rings. The summed E-state index contributed by atoms with van der Waals surface area (Å²) in [5, 5.41) is 10.9. The molecule has 0 aromatic rings. The molecule has 2 aliphatic rings. The van der Waals surface area contributed by atoms with Gasteiger partial charge in [-0.2, -0.15) is 0 Å². The maximum absolute atomic E-state index is 10.9. The van der Waals surface area contributed by atoms with Crippen molar-refractivity contribution in [3.8, 4) is 0 Å². The summed E-state index contributed by atoms with van der Waals surface area (Å²) in [4.78, 5) is 0. The molecule has 0 saturated heterocycles. The Morgan fingerprint density at radius 2 is 2.06 bits per heavy atom. The van der Waals surface area contributed by atoms with Gasteiger partial charge in [-0.3, -0.25) is 0 Å². The Bertz CT molecular complexity index is 305. The van der Waals surface area contributed by atoms with Gasteiger partial charge in [0.05, 0.1) is 5.60 Å². The van der Waals surface area contributed by atoms with Crippen molar-refractivity contribution in [2.24, 2.45) is 17.3 Å². The van der Waals surface area contributed by atoms with Gasteiger partial charge >= 0.3 is 0 Å². The molecule has 0 bridgehead atoms. The van der Waals surface area contributed by atoms with Crippen LogP contribution >= 0.6 is 0 Å². The van der Waals surface area contributed by atoms with Crippen molar-refractivity contribution in [3.05, 3.63) is 11.6 Å². The minimum Gasteiger partial charge on any atom is -0.389 e. The molecule has 1 saturated carbocycles. The highest BCUT2D eigenvalue weighted by atomic mass is 16.3. The molecule has 92 valence electrons. The molecule has 0 heterocycles. The lowest BCUT2D eigenvalue weighted by Crippen LogP contribution is -2.43. The first kappa shape index (κ1) is 12.2. The second kappa shape index (κ2) is 3.87. The fourth-order valence-electron chi connectivity index (χ4n) is 3.85. The van der Waals surface area contributed by atoms with E-state index in [2.05, 4.69) is 33.8 Å². The fourth-order valence-corrected chi connectivity index (χ4v) is 3.85. The van der Waals surface area contributed by atoms with E-state index >= 15 is 0 Å². The fraction of sp³-hybridized carbons (Fsp3) is 0.867. The number of hydrogen-bond donors (Lipinski definition) is 1. The van der Waals surface area contributed by atoms with Crippen LogP contribution in [0.15, 0.2) is 11.6 Å². The summed E-state index contributed by atoms with van der Waals surface area (Å²) >= 11 is 0. The lowest BCUT2D eigenvalue weighted by molar-refractivity contribution is -0.0631. The van der Waals surface area contributed by atoms with Crippen molar-refractivity contribution in [1.29, 1.82) is 0 Å². The Balaban J connectivity index is 2.29. The van der Waals surface area contributed by atoms with Crippen LogP contribution in [0.2, 0.25) is 0 Å². The molecule has 3 atom stereocenters. The lowest BCUT2D eigenvalue weighted by atomic mass is 9.69. The molecule has 3 unspecified atom stereocenters. The first-order valence-corrected chi connectivity index (χ1v) is 6.76. The van der Waals surface area contributed by atoms with E-state index in [0.29, 0.717) is 17.3 Å². The predicted octanol–water partition coefficient (Wildman–Crippen LogP) is 3.92. The molecular weight excluding hydrogens is 196 g/mol. The third kappa shape index (κ3) is 1.73. The summed E-state index contributed by atoms with van der Waals surface area (Å²) in [6.07, 6.45) is 8.11. The van der Waals surface area contributed by atoms with Crippen LogP contribution in [0.25, 0.3) is 0 Å². The van der Waals surface area contributed by atoms with E-state index in [0.717, 1.165) is 6.42 Å². The minimum absolute atomic E-state index is 0.344. The van der Waals surface area contributed by atoms with Gasteiger partial charge in [-0.1, -0.05) is 32.4 Å². The number of aliphatic hydroxyl groups is 1. The third-order valence-corrected chi connectivity index (χ3v) is 5.29. The molecule has 2 rings (SSSR count). The molecule has 0 radical (unpaired) electrons. The van der Waals surface area contributed by atoms with Gasteiger partial charge in [-0.25, -0.2) is 0 Å². The third-order valence-electron chi connectivity index (χ3n) is 5.29. The molecule has 0 spiro atoms. The van der Waals surface area contributed by atoms with Gasteiger partial charge < -0.3 is 5.11 Å². The van der Waals surface area contributed by atoms with E-state index in [1.165, 1.54) is 31.3 Å². The molecule has 0 amide bonds. The second-order valence-electron chi connectivity index (χ2n) is 6.65. The Kier molecular flexibility index (Phi) is 2.94.